The lowest BCUT2D eigenvalue weighted by Crippen LogP contribution is -2.22. The Morgan fingerprint density at radius 3 is 2.36 bits per heavy atom. The molecular weight excluding hydrogens is 354 g/mol. The summed E-state index contributed by atoms with van der Waals surface area (Å²) in [5.41, 5.74) is 3.69. The Hall–Kier alpha value is -3.54. The molecule has 3 aromatic rings. The lowest BCUT2D eigenvalue weighted by Gasteiger charge is -2.11. The molecule has 0 radical (unpaired) electrons. The summed E-state index contributed by atoms with van der Waals surface area (Å²) in [5, 5.41) is 24.2. The number of allylic oxidation sites excluding steroid dienone is 2. The van der Waals surface area contributed by atoms with Gasteiger partial charge in [-0.05, 0) is 42.3 Å². The number of amides is 1. The summed E-state index contributed by atoms with van der Waals surface area (Å²) in [4.78, 5) is 16.4. The quantitative estimate of drug-likeness (QED) is 0.612. The SMILES string of the molecule is O=C(NCc1cccnc1)c1ccc(-n2c(O)c3c(c2O)[C@H]2C=C[C@@H]3C2)cc1. The molecule has 2 bridgehead atoms. The first kappa shape index (κ1) is 16.6. The van der Waals surface area contributed by atoms with Gasteiger partial charge in [-0.15, -0.1) is 0 Å². The number of nitrogens with one attached hydrogen (secondary N) is 1. The predicted molar refractivity (Wildman–Crippen MR) is 104 cm³/mol. The first-order chi connectivity index (χ1) is 13.6. The molecule has 0 saturated carbocycles. The van der Waals surface area contributed by atoms with Crippen molar-refractivity contribution in [2.45, 2.75) is 24.8 Å². The lowest BCUT2D eigenvalue weighted by molar-refractivity contribution is 0.0951. The molecule has 2 atom stereocenters. The van der Waals surface area contributed by atoms with E-state index in [0.29, 0.717) is 17.8 Å². The fourth-order valence-corrected chi connectivity index (χ4v) is 4.23. The van der Waals surface area contributed by atoms with E-state index in [2.05, 4.69) is 22.5 Å². The van der Waals surface area contributed by atoms with Crippen molar-refractivity contribution in [3.8, 4) is 17.4 Å². The molecule has 0 saturated heterocycles. The maximum absolute atomic E-state index is 12.4. The minimum atomic E-state index is -0.193. The Kier molecular flexibility index (Phi) is 3.72. The molecule has 2 aliphatic carbocycles. The third kappa shape index (κ3) is 2.49. The Morgan fingerprint density at radius 2 is 1.75 bits per heavy atom. The number of aromatic hydroxyl groups is 2. The van der Waals surface area contributed by atoms with Gasteiger partial charge in [0.2, 0.25) is 11.8 Å². The molecule has 0 unspecified atom stereocenters. The van der Waals surface area contributed by atoms with Crippen LogP contribution in [0.2, 0.25) is 0 Å². The van der Waals surface area contributed by atoms with Crippen LogP contribution in [0.5, 0.6) is 11.8 Å². The van der Waals surface area contributed by atoms with Gasteiger partial charge in [0.1, 0.15) is 0 Å². The van der Waals surface area contributed by atoms with Crippen molar-refractivity contribution in [1.82, 2.24) is 14.9 Å². The molecule has 28 heavy (non-hydrogen) atoms. The van der Waals surface area contributed by atoms with Crippen molar-refractivity contribution in [2.75, 3.05) is 0 Å². The van der Waals surface area contributed by atoms with Crippen molar-refractivity contribution < 1.29 is 15.0 Å². The zero-order chi connectivity index (χ0) is 19.3. The maximum Gasteiger partial charge on any atom is 0.251 e. The number of carbonyl (C=O) groups excluding carboxylic acids is 1. The Balaban J connectivity index is 1.37. The van der Waals surface area contributed by atoms with E-state index in [4.69, 9.17) is 0 Å². The van der Waals surface area contributed by atoms with Gasteiger partial charge in [0.25, 0.3) is 5.91 Å². The highest BCUT2D eigenvalue weighted by Gasteiger charge is 2.41. The first-order valence-electron chi connectivity index (χ1n) is 9.25. The Labute approximate surface area is 161 Å². The van der Waals surface area contributed by atoms with Gasteiger partial charge in [0.15, 0.2) is 0 Å². The normalized spacial score (nSPS) is 19.0. The fraction of sp³-hybridized carbons (Fsp3) is 0.182. The molecule has 3 N–H and O–H groups in total. The van der Waals surface area contributed by atoms with E-state index in [0.717, 1.165) is 23.1 Å². The van der Waals surface area contributed by atoms with E-state index in [1.165, 1.54) is 4.57 Å². The summed E-state index contributed by atoms with van der Waals surface area (Å²) in [6, 6.07) is 10.5. The summed E-state index contributed by atoms with van der Waals surface area (Å²) in [6.45, 7) is 0.399. The minimum Gasteiger partial charge on any atom is -0.494 e. The van der Waals surface area contributed by atoms with Gasteiger partial charge in [-0.2, -0.15) is 0 Å². The van der Waals surface area contributed by atoms with Crippen molar-refractivity contribution in [3.63, 3.8) is 0 Å². The van der Waals surface area contributed by atoms with Crippen LogP contribution in [0.3, 0.4) is 0 Å². The average molecular weight is 373 g/mol. The average Bonchev–Trinajstić information content (AvgIpc) is 3.41. The van der Waals surface area contributed by atoms with Crippen molar-refractivity contribution >= 4 is 5.91 Å². The zero-order valence-electron chi connectivity index (χ0n) is 15.0. The third-order valence-electron chi connectivity index (χ3n) is 5.58. The first-order valence-corrected chi connectivity index (χ1v) is 9.25. The number of hydrogen-bond acceptors (Lipinski definition) is 4. The Bertz CT molecular complexity index is 1050. The molecule has 0 aliphatic heterocycles. The van der Waals surface area contributed by atoms with Gasteiger partial charge in [-0.3, -0.25) is 14.3 Å². The van der Waals surface area contributed by atoms with Crippen molar-refractivity contribution in [2.24, 2.45) is 0 Å². The molecule has 2 aliphatic rings. The van der Waals surface area contributed by atoms with Crippen LogP contribution < -0.4 is 5.32 Å². The van der Waals surface area contributed by atoms with Crippen LogP contribution in [-0.2, 0) is 6.54 Å². The maximum atomic E-state index is 12.4. The van der Waals surface area contributed by atoms with Crippen LogP contribution in [-0.4, -0.2) is 25.7 Å². The summed E-state index contributed by atoms with van der Waals surface area (Å²) in [6.07, 6.45) is 8.50. The third-order valence-corrected chi connectivity index (χ3v) is 5.58. The van der Waals surface area contributed by atoms with Gasteiger partial charge >= 0.3 is 0 Å². The standard InChI is InChI=1S/C22H19N3O3/c26-20(24-12-13-2-1-9-23-11-13)14-5-7-17(8-6-14)25-21(27)18-15-3-4-16(10-15)19(18)22(25)28/h1-9,11,15-16,27-28H,10,12H2,(H,24,26)/t15-,16+. The van der Waals surface area contributed by atoms with Gasteiger partial charge in [0, 0.05) is 47.5 Å². The monoisotopic (exact) mass is 373 g/mol. The molecule has 6 nitrogen and oxygen atoms in total. The molecular formula is C22H19N3O3. The molecule has 6 heteroatoms. The number of aromatic nitrogens is 2. The highest BCUT2D eigenvalue weighted by molar-refractivity contribution is 5.94. The number of hydrogen-bond donors (Lipinski definition) is 3. The highest BCUT2D eigenvalue weighted by atomic mass is 16.3. The minimum absolute atomic E-state index is 0.0816. The molecule has 0 spiro atoms. The molecule has 0 fully saturated rings. The molecule has 140 valence electrons. The Morgan fingerprint density at radius 1 is 1.07 bits per heavy atom. The largest absolute Gasteiger partial charge is 0.494 e. The van der Waals surface area contributed by atoms with Crippen molar-refractivity contribution in [1.29, 1.82) is 0 Å². The second-order valence-corrected chi connectivity index (χ2v) is 7.23. The van der Waals surface area contributed by atoms with E-state index in [1.807, 2.05) is 12.1 Å². The topological polar surface area (TPSA) is 87.4 Å². The van der Waals surface area contributed by atoms with Gasteiger partial charge in [-0.25, -0.2) is 0 Å². The summed E-state index contributed by atoms with van der Waals surface area (Å²) in [7, 11) is 0. The second-order valence-electron chi connectivity index (χ2n) is 7.23. The molecule has 5 rings (SSSR count). The van der Waals surface area contributed by atoms with Crippen molar-refractivity contribution in [3.05, 3.63) is 83.2 Å². The van der Waals surface area contributed by atoms with Gasteiger partial charge in [-0.1, -0.05) is 18.2 Å². The number of fused-ring (bicyclic) bond motifs is 5. The summed E-state index contributed by atoms with van der Waals surface area (Å²) < 4.78 is 1.45. The molecule has 2 aromatic heterocycles. The summed E-state index contributed by atoms with van der Waals surface area (Å²) >= 11 is 0. The summed E-state index contributed by atoms with van der Waals surface area (Å²) in [5.74, 6) is 0.312. The van der Waals surface area contributed by atoms with E-state index in [1.54, 1.807) is 36.7 Å². The molecule has 1 aromatic carbocycles. The van der Waals surface area contributed by atoms with Crippen LogP contribution in [0.25, 0.3) is 5.69 Å². The van der Waals surface area contributed by atoms with E-state index >= 15 is 0 Å². The van der Waals surface area contributed by atoms with Gasteiger partial charge in [0.05, 0.1) is 5.69 Å². The number of nitrogens with zero attached hydrogens (tertiary/aromatic N) is 2. The number of pyridine rings is 1. The predicted octanol–water partition coefficient (Wildman–Crippen LogP) is 3.35. The van der Waals surface area contributed by atoms with Crippen LogP contribution in [0.4, 0.5) is 0 Å². The van der Waals surface area contributed by atoms with Crippen LogP contribution in [0, 0.1) is 0 Å². The van der Waals surface area contributed by atoms with Crippen LogP contribution >= 0.6 is 0 Å². The smallest absolute Gasteiger partial charge is 0.251 e. The lowest BCUT2D eigenvalue weighted by atomic mass is 10.0. The zero-order valence-corrected chi connectivity index (χ0v) is 15.0. The number of benzene rings is 1. The van der Waals surface area contributed by atoms with E-state index in [-0.39, 0.29) is 29.5 Å². The molecule has 1 amide bonds. The molecule has 2 heterocycles. The van der Waals surface area contributed by atoms with E-state index < -0.39 is 0 Å². The highest BCUT2D eigenvalue weighted by Crippen LogP contribution is 2.57. The fourth-order valence-electron chi connectivity index (χ4n) is 4.23. The van der Waals surface area contributed by atoms with Crippen LogP contribution in [0.1, 0.15) is 45.3 Å². The van der Waals surface area contributed by atoms with Gasteiger partial charge < -0.3 is 15.5 Å². The second kappa shape index (κ2) is 6.27. The van der Waals surface area contributed by atoms with Crippen LogP contribution in [0.15, 0.2) is 60.9 Å². The number of carbonyl (C=O) groups is 1. The number of rotatable bonds is 4. The van der Waals surface area contributed by atoms with E-state index in [9.17, 15) is 15.0 Å².